The summed E-state index contributed by atoms with van der Waals surface area (Å²) >= 11 is 0. The molecule has 0 aromatic heterocycles. The Hall–Kier alpha value is -3.03. The van der Waals surface area contributed by atoms with Crippen LogP contribution in [0.3, 0.4) is 0 Å². The predicted molar refractivity (Wildman–Crippen MR) is 127 cm³/mol. The summed E-state index contributed by atoms with van der Waals surface area (Å²) in [5.41, 5.74) is 3.11. The largest absolute Gasteiger partial charge is 0.433 e. The molecule has 0 aliphatic carbocycles. The summed E-state index contributed by atoms with van der Waals surface area (Å²) in [6.45, 7) is 2.80. The molecule has 4 atom stereocenters. The van der Waals surface area contributed by atoms with E-state index in [0.717, 1.165) is 16.7 Å². The molecule has 0 bridgehead atoms. The first-order chi connectivity index (χ1) is 16.7. The lowest BCUT2D eigenvalue weighted by Crippen LogP contribution is -2.40. The Balaban J connectivity index is 1.47. The zero-order valence-corrected chi connectivity index (χ0v) is 19.2. The minimum absolute atomic E-state index is 0.275. The van der Waals surface area contributed by atoms with Gasteiger partial charge in [-0.1, -0.05) is 91.0 Å². The number of ether oxygens (including phenoxy) is 5. The zero-order chi connectivity index (χ0) is 23.6. The maximum atomic E-state index is 11.8. The molecule has 1 aliphatic heterocycles. The van der Waals surface area contributed by atoms with Gasteiger partial charge in [-0.15, -0.1) is 0 Å². The van der Waals surface area contributed by atoms with E-state index >= 15 is 0 Å². The third kappa shape index (κ3) is 6.98. The van der Waals surface area contributed by atoms with E-state index in [-0.39, 0.29) is 6.61 Å². The number of carbonyl (C=O) groups excluding carboxylic acids is 1. The predicted octanol–water partition coefficient (Wildman–Crippen LogP) is 4.66. The van der Waals surface area contributed by atoms with Gasteiger partial charge in [-0.05, 0) is 16.7 Å². The summed E-state index contributed by atoms with van der Waals surface area (Å²) in [5, 5.41) is 0. The van der Waals surface area contributed by atoms with Gasteiger partial charge in [0, 0.05) is 6.92 Å². The van der Waals surface area contributed by atoms with E-state index in [1.807, 2.05) is 91.0 Å². The van der Waals surface area contributed by atoms with Gasteiger partial charge >= 0.3 is 5.97 Å². The molecule has 34 heavy (non-hydrogen) atoms. The van der Waals surface area contributed by atoms with Crippen LogP contribution in [0.5, 0.6) is 0 Å². The van der Waals surface area contributed by atoms with Crippen LogP contribution in [0.15, 0.2) is 91.0 Å². The van der Waals surface area contributed by atoms with Gasteiger partial charge in [0.2, 0.25) is 6.29 Å². The second kappa shape index (κ2) is 12.4. The third-order valence-corrected chi connectivity index (χ3v) is 5.51. The van der Waals surface area contributed by atoms with Crippen molar-refractivity contribution in [2.45, 2.75) is 51.3 Å². The highest BCUT2D eigenvalue weighted by Crippen LogP contribution is 2.30. The Morgan fingerprint density at radius 1 is 0.706 bits per heavy atom. The summed E-state index contributed by atoms with van der Waals surface area (Å²) in [6, 6.07) is 29.7. The van der Waals surface area contributed by atoms with Gasteiger partial charge in [-0.2, -0.15) is 0 Å². The zero-order valence-electron chi connectivity index (χ0n) is 19.2. The van der Waals surface area contributed by atoms with Crippen molar-refractivity contribution < 1.29 is 28.5 Å². The first-order valence-corrected chi connectivity index (χ1v) is 11.4. The summed E-state index contributed by atoms with van der Waals surface area (Å²) in [5.74, 6) is -0.439. The van der Waals surface area contributed by atoms with Crippen LogP contribution in [0.2, 0.25) is 0 Å². The number of hydrogen-bond acceptors (Lipinski definition) is 6. The molecular weight excluding hydrogens is 432 g/mol. The van der Waals surface area contributed by atoms with Crippen LogP contribution < -0.4 is 0 Å². The minimum atomic E-state index is -0.882. The molecule has 6 heteroatoms. The molecule has 3 aromatic rings. The highest BCUT2D eigenvalue weighted by atomic mass is 16.7. The molecule has 6 nitrogen and oxygen atoms in total. The smallest absolute Gasteiger partial charge is 0.305 e. The van der Waals surface area contributed by atoms with E-state index in [1.54, 1.807) is 0 Å². The molecule has 0 radical (unpaired) electrons. The topological polar surface area (TPSA) is 63.2 Å². The van der Waals surface area contributed by atoms with Crippen molar-refractivity contribution in [2.24, 2.45) is 0 Å². The molecule has 1 aliphatic rings. The summed E-state index contributed by atoms with van der Waals surface area (Å²) in [6.07, 6.45) is -2.42. The second-order valence-electron chi connectivity index (χ2n) is 8.18. The van der Waals surface area contributed by atoms with E-state index in [4.69, 9.17) is 23.7 Å². The highest BCUT2D eigenvalue weighted by molar-refractivity contribution is 5.66. The number of hydrogen-bond donors (Lipinski definition) is 0. The van der Waals surface area contributed by atoms with Crippen LogP contribution in [0.1, 0.15) is 23.6 Å². The van der Waals surface area contributed by atoms with Gasteiger partial charge in [0.25, 0.3) is 0 Å². The van der Waals surface area contributed by atoms with Crippen molar-refractivity contribution in [3.8, 4) is 0 Å². The van der Waals surface area contributed by atoms with E-state index in [1.165, 1.54) is 6.92 Å². The third-order valence-electron chi connectivity index (χ3n) is 5.51. The molecule has 0 saturated carbocycles. The Kier molecular flexibility index (Phi) is 8.82. The van der Waals surface area contributed by atoms with Crippen LogP contribution in [0.25, 0.3) is 0 Å². The minimum Gasteiger partial charge on any atom is -0.433 e. The fraction of sp³-hybridized carbons (Fsp3) is 0.321. The fourth-order valence-corrected chi connectivity index (χ4v) is 3.86. The molecule has 178 valence electrons. The van der Waals surface area contributed by atoms with E-state index in [9.17, 15) is 4.79 Å². The highest BCUT2D eigenvalue weighted by Gasteiger charge is 2.48. The van der Waals surface area contributed by atoms with Gasteiger partial charge in [-0.25, -0.2) is 0 Å². The lowest BCUT2D eigenvalue weighted by atomic mass is 10.1. The van der Waals surface area contributed by atoms with Gasteiger partial charge in [0.05, 0.1) is 26.4 Å². The van der Waals surface area contributed by atoms with Crippen molar-refractivity contribution in [2.75, 3.05) is 6.61 Å². The molecule has 0 spiro atoms. The molecule has 1 saturated heterocycles. The number of rotatable bonds is 11. The van der Waals surface area contributed by atoms with E-state index < -0.39 is 30.6 Å². The maximum absolute atomic E-state index is 11.8. The summed E-state index contributed by atoms with van der Waals surface area (Å²) < 4.78 is 30.0. The van der Waals surface area contributed by atoms with Crippen LogP contribution in [0, 0.1) is 0 Å². The van der Waals surface area contributed by atoms with Crippen molar-refractivity contribution >= 4 is 5.97 Å². The van der Waals surface area contributed by atoms with Crippen molar-refractivity contribution in [1.29, 1.82) is 0 Å². The average Bonchev–Trinajstić information content (AvgIpc) is 3.18. The lowest BCUT2D eigenvalue weighted by molar-refractivity contribution is -0.195. The first kappa shape index (κ1) is 24.1. The summed E-state index contributed by atoms with van der Waals surface area (Å²) in [4.78, 5) is 11.8. The summed E-state index contributed by atoms with van der Waals surface area (Å²) in [7, 11) is 0. The van der Waals surface area contributed by atoms with Gasteiger partial charge in [-0.3, -0.25) is 4.79 Å². The van der Waals surface area contributed by atoms with Crippen LogP contribution in [-0.2, 0) is 48.3 Å². The van der Waals surface area contributed by atoms with Gasteiger partial charge < -0.3 is 23.7 Å². The lowest BCUT2D eigenvalue weighted by Gasteiger charge is -2.24. The number of esters is 1. The Morgan fingerprint density at radius 2 is 1.18 bits per heavy atom. The second-order valence-corrected chi connectivity index (χ2v) is 8.18. The van der Waals surface area contributed by atoms with E-state index in [0.29, 0.717) is 19.8 Å². The monoisotopic (exact) mass is 462 g/mol. The van der Waals surface area contributed by atoms with Gasteiger partial charge in [0.15, 0.2) is 0 Å². The van der Waals surface area contributed by atoms with Gasteiger partial charge in [0.1, 0.15) is 18.3 Å². The van der Waals surface area contributed by atoms with E-state index in [2.05, 4.69) is 0 Å². The Bertz CT molecular complexity index is 995. The number of carbonyl (C=O) groups is 1. The van der Waals surface area contributed by atoms with Crippen molar-refractivity contribution in [3.63, 3.8) is 0 Å². The molecule has 1 heterocycles. The first-order valence-electron chi connectivity index (χ1n) is 11.4. The fourth-order valence-electron chi connectivity index (χ4n) is 3.86. The van der Waals surface area contributed by atoms with Crippen LogP contribution in [0.4, 0.5) is 0 Å². The number of benzene rings is 3. The molecular formula is C28H30O6. The standard InChI is InChI=1S/C28H30O6/c1-21(29)33-28-27(32-19-24-15-9-4-10-16-24)26(31-18-23-13-7-3-8-14-23)25(34-28)20-30-17-22-11-5-2-6-12-22/h2-16,25-28H,17-20H2,1H3/t25-,26+,27+,28-/m0/s1. The maximum Gasteiger partial charge on any atom is 0.305 e. The molecule has 1 fully saturated rings. The SMILES string of the molecule is CC(=O)O[C@H]1O[C@@H](COCc2ccccc2)[C@@H](OCc2ccccc2)[C@H]1OCc1ccccc1. The molecule has 0 amide bonds. The van der Waals surface area contributed by atoms with Crippen molar-refractivity contribution in [3.05, 3.63) is 108 Å². The van der Waals surface area contributed by atoms with Crippen LogP contribution >= 0.6 is 0 Å². The Labute approximate surface area is 200 Å². The normalized spacial score (nSPS) is 21.9. The molecule has 0 unspecified atom stereocenters. The average molecular weight is 463 g/mol. The Morgan fingerprint density at radius 3 is 1.68 bits per heavy atom. The van der Waals surface area contributed by atoms with Crippen LogP contribution in [-0.4, -0.2) is 37.2 Å². The molecule has 0 N–H and O–H groups in total. The molecule has 4 rings (SSSR count). The molecule has 3 aromatic carbocycles. The van der Waals surface area contributed by atoms with Crippen molar-refractivity contribution in [1.82, 2.24) is 0 Å². The quantitative estimate of drug-likeness (QED) is 0.386.